The second-order valence-electron chi connectivity index (χ2n) is 6.10. The lowest BCUT2D eigenvalue weighted by Crippen LogP contribution is -2.38. The standard InChI is InChI=1S/C15H16F6N2O2/c1-22(2)11-6-23(7-12(11)24)13(25)8-3-9(14(16,17)18)5-10(4-8)15(19,20)21/h3-5,11-12,24H,6-7H2,1-2H3/t11-,12-/m1/s1. The third kappa shape index (κ3) is 4.24. The van der Waals surface area contributed by atoms with Gasteiger partial charge in [0.2, 0.25) is 0 Å². The molecule has 1 heterocycles. The molecule has 0 aromatic heterocycles. The van der Waals surface area contributed by atoms with Crippen LogP contribution in [0, 0.1) is 0 Å². The highest BCUT2D eigenvalue weighted by Gasteiger charge is 2.40. The number of alkyl halides is 6. The van der Waals surface area contributed by atoms with Gasteiger partial charge in [-0.05, 0) is 32.3 Å². The number of hydrogen-bond donors (Lipinski definition) is 1. The van der Waals surface area contributed by atoms with E-state index in [0.29, 0.717) is 12.1 Å². The summed E-state index contributed by atoms with van der Waals surface area (Å²) in [5.74, 6) is -0.986. The monoisotopic (exact) mass is 370 g/mol. The van der Waals surface area contributed by atoms with E-state index in [1.54, 1.807) is 19.0 Å². The smallest absolute Gasteiger partial charge is 0.390 e. The average molecular weight is 370 g/mol. The third-order valence-electron chi connectivity index (χ3n) is 4.04. The average Bonchev–Trinajstić information content (AvgIpc) is 2.86. The van der Waals surface area contributed by atoms with Crippen LogP contribution in [0.3, 0.4) is 0 Å². The number of β-amino-alcohol motifs (C(OH)–C–C–N with tert-alkyl or cyclic N) is 1. The van der Waals surface area contributed by atoms with E-state index in [9.17, 15) is 36.2 Å². The van der Waals surface area contributed by atoms with Gasteiger partial charge in [0.1, 0.15) is 0 Å². The fraction of sp³-hybridized carbons (Fsp3) is 0.533. The highest BCUT2D eigenvalue weighted by atomic mass is 19.4. The second kappa shape index (κ2) is 6.49. The van der Waals surface area contributed by atoms with Crippen LogP contribution >= 0.6 is 0 Å². The summed E-state index contributed by atoms with van der Waals surface area (Å²) in [5.41, 5.74) is -3.81. The Morgan fingerprint density at radius 1 is 1.04 bits per heavy atom. The van der Waals surface area contributed by atoms with Gasteiger partial charge in [0.25, 0.3) is 5.91 Å². The van der Waals surface area contributed by atoms with Gasteiger partial charge in [-0.25, -0.2) is 0 Å². The molecule has 2 atom stereocenters. The van der Waals surface area contributed by atoms with Crippen LogP contribution in [0.2, 0.25) is 0 Å². The Labute approximate surface area is 139 Å². The topological polar surface area (TPSA) is 43.8 Å². The molecule has 0 aliphatic carbocycles. The molecule has 1 aliphatic heterocycles. The van der Waals surface area contributed by atoms with Gasteiger partial charge in [0.15, 0.2) is 0 Å². The largest absolute Gasteiger partial charge is 0.416 e. The van der Waals surface area contributed by atoms with Crippen molar-refractivity contribution in [1.29, 1.82) is 0 Å². The minimum Gasteiger partial charge on any atom is -0.390 e. The number of carbonyl (C=O) groups is 1. The lowest BCUT2D eigenvalue weighted by atomic mass is 10.0. The molecule has 1 saturated heterocycles. The molecule has 25 heavy (non-hydrogen) atoms. The van der Waals surface area contributed by atoms with E-state index in [1.807, 2.05) is 0 Å². The van der Waals surface area contributed by atoms with Gasteiger partial charge in [-0.3, -0.25) is 4.79 Å². The fourth-order valence-electron chi connectivity index (χ4n) is 2.70. The molecule has 0 saturated carbocycles. The molecule has 4 nitrogen and oxygen atoms in total. The number of aliphatic hydroxyl groups excluding tert-OH is 1. The first-order chi connectivity index (χ1) is 11.3. The molecule has 10 heteroatoms. The molecule has 1 aromatic rings. The SMILES string of the molecule is CN(C)[C@@H]1CN(C(=O)c2cc(C(F)(F)F)cc(C(F)(F)F)c2)C[C@H]1O. The van der Waals surface area contributed by atoms with Crippen LogP contribution < -0.4 is 0 Å². The Morgan fingerprint density at radius 2 is 1.52 bits per heavy atom. The van der Waals surface area contributed by atoms with Crippen molar-refractivity contribution in [2.24, 2.45) is 0 Å². The van der Waals surface area contributed by atoms with E-state index in [1.165, 1.54) is 0 Å². The molecule has 1 fully saturated rings. The van der Waals surface area contributed by atoms with Crippen LogP contribution in [0.25, 0.3) is 0 Å². The number of aliphatic hydroxyl groups is 1. The predicted molar refractivity (Wildman–Crippen MR) is 75.8 cm³/mol. The van der Waals surface area contributed by atoms with Crippen LogP contribution in [0.1, 0.15) is 21.5 Å². The van der Waals surface area contributed by atoms with Crippen molar-refractivity contribution in [2.75, 3.05) is 27.2 Å². The summed E-state index contributed by atoms with van der Waals surface area (Å²) in [4.78, 5) is 15.1. The molecule has 1 N–H and O–H groups in total. The zero-order valence-electron chi connectivity index (χ0n) is 13.3. The summed E-state index contributed by atoms with van der Waals surface area (Å²) < 4.78 is 77.2. The van der Waals surface area contributed by atoms with Gasteiger partial charge in [-0.1, -0.05) is 0 Å². The number of halogens is 6. The number of rotatable bonds is 2. The molecule has 140 valence electrons. The van der Waals surface area contributed by atoms with Gasteiger partial charge in [0.05, 0.1) is 23.3 Å². The van der Waals surface area contributed by atoms with Crippen LogP contribution in [0.4, 0.5) is 26.3 Å². The lowest BCUT2D eigenvalue weighted by Gasteiger charge is -2.22. The summed E-state index contributed by atoms with van der Waals surface area (Å²) >= 11 is 0. The van der Waals surface area contributed by atoms with Gasteiger partial charge in [0, 0.05) is 18.7 Å². The summed E-state index contributed by atoms with van der Waals surface area (Å²) in [7, 11) is 3.29. The highest BCUT2D eigenvalue weighted by Crippen LogP contribution is 2.36. The first-order valence-electron chi connectivity index (χ1n) is 7.24. The van der Waals surface area contributed by atoms with Crippen molar-refractivity contribution in [3.63, 3.8) is 0 Å². The molecule has 1 aliphatic rings. The number of hydrogen-bond acceptors (Lipinski definition) is 3. The Bertz CT molecular complexity index is 624. The predicted octanol–water partition coefficient (Wildman–Crippen LogP) is 2.47. The van der Waals surface area contributed by atoms with Crippen molar-refractivity contribution >= 4 is 5.91 Å². The van der Waals surface area contributed by atoms with Crippen LogP contribution in [-0.2, 0) is 12.4 Å². The zero-order valence-corrected chi connectivity index (χ0v) is 13.3. The maximum atomic E-state index is 12.9. The quantitative estimate of drug-likeness (QED) is 0.814. The Hall–Kier alpha value is -1.81. The zero-order chi connectivity index (χ0) is 19.2. The van der Waals surface area contributed by atoms with Crippen LogP contribution in [0.15, 0.2) is 18.2 Å². The number of likely N-dealkylation sites (N-methyl/N-ethyl adjacent to an activating group) is 1. The van der Waals surface area contributed by atoms with Gasteiger partial charge >= 0.3 is 12.4 Å². The Balaban J connectivity index is 2.40. The van der Waals surface area contributed by atoms with E-state index in [-0.39, 0.29) is 19.2 Å². The maximum Gasteiger partial charge on any atom is 0.416 e. The van der Waals surface area contributed by atoms with Crippen molar-refractivity contribution in [2.45, 2.75) is 24.5 Å². The minimum atomic E-state index is -5.02. The highest BCUT2D eigenvalue weighted by molar-refractivity contribution is 5.95. The normalized spacial score (nSPS) is 21.9. The Morgan fingerprint density at radius 3 is 1.88 bits per heavy atom. The number of carbonyl (C=O) groups excluding carboxylic acids is 1. The van der Waals surface area contributed by atoms with E-state index >= 15 is 0 Å². The summed E-state index contributed by atoms with van der Waals surface area (Å²) in [6.07, 6.45) is -11.0. The maximum absolute atomic E-state index is 12.9. The van der Waals surface area contributed by atoms with E-state index in [0.717, 1.165) is 4.90 Å². The van der Waals surface area contributed by atoms with Crippen molar-refractivity contribution in [1.82, 2.24) is 9.80 Å². The van der Waals surface area contributed by atoms with Crippen molar-refractivity contribution < 1.29 is 36.2 Å². The number of likely N-dealkylation sites (tertiary alicyclic amines) is 1. The summed E-state index contributed by atoms with van der Waals surface area (Å²) in [5, 5.41) is 9.90. The van der Waals surface area contributed by atoms with Crippen molar-refractivity contribution in [3.8, 4) is 0 Å². The molecular formula is C15H16F6N2O2. The third-order valence-corrected chi connectivity index (χ3v) is 4.04. The molecule has 0 unspecified atom stereocenters. The molecule has 0 spiro atoms. The Kier molecular flexibility index (Phi) is 5.06. The molecule has 1 amide bonds. The first kappa shape index (κ1) is 19.5. The first-order valence-corrected chi connectivity index (χ1v) is 7.24. The van der Waals surface area contributed by atoms with E-state index in [4.69, 9.17) is 0 Å². The van der Waals surface area contributed by atoms with Crippen LogP contribution in [0.5, 0.6) is 0 Å². The van der Waals surface area contributed by atoms with Gasteiger partial charge < -0.3 is 14.9 Å². The lowest BCUT2D eigenvalue weighted by molar-refractivity contribution is -0.143. The summed E-state index contributed by atoms with van der Waals surface area (Å²) in [6, 6.07) is 0.315. The second-order valence-corrected chi connectivity index (χ2v) is 6.10. The van der Waals surface area contributed by atoms with Gasteiger partial charge in [-0.15, -0.1) is 0 Å². The molecule has 1 aromatic carbocycles. The fourth-order valence-corrected chi connectivity index (χ4v) is 2.70. The summed E-state index contributed by atoms with van der Waals surface area (Å²) in [6.45, 7) is -0.163. The van der Waals surface area contributed by atoms with Crippen LogP contribution in [-0.4, -0.2) is 60.1 Å². The molecular weight excluding hydrogens is 354 g/mol. The molecule has 2 rings (SSSR count). The van der Waals surface area contributed by atoms with Gasteiger partial charge in [-0.2, -0.15) is 26.3 Å². The van der Waals surface area contributed by atoms with E-state index in [2.05, 4.69) is 0 Å². The van der Waals surface area contributed by atoms with Crippen molar-refractivity contribution in [3.05, 3.63) is 34.9 Å². The number of benzene rings is 1. The van der Waals surface area contributed by atoms with E-state index < -0.39 is 47.1 Å². The number of nitrogens with zero attached hydrogens (tertiary/aromatic N) is 2. The molecule has 0 radical (unpaired) electrons. The number of amides is 1. The minimum absolute atomic E-state index is 0.00456. The molecule has 0 bridgehead atoms.